The number of hydrogen-bond donors (Lipinski definition) is 1. The van der Waals surface area contributed by atoms with Crippen LogP contribution in [0.15, 0.2) is 6.20 Å². The van der Waals surface area contributed by atoms with Crippen LogP contribution in [0.5, 0.6) is 5.75 Å². The Kier molecular flexibility index (Phi) is 3.22. The Morgan fingerprint density at radius 2 is 2.06 bits per heavy atom. The maximum atomic E-state index is 13.1. The first kappa shape index (κ1) is 12.5. The average molecular weight is 259 g/mol. The van der Waals surface area contributed by atoms with Crippen molar-refractivity contribution in [1.82, 2.24) is 4.98 Å². The minimum atomic E-state index is -5.08. The first-order valence-corrected chi connectivity index (χ1v) is 3.99. The van der Waals surface area contributed by atoms with Crippen LogP contribution in [0.3, 0.4) is 0 Å². The van der Waals surface area contributed by atoms with Gasteiger partial charge in [-0.1, -0.05) is 11.6 Å². The van der Waals surface area contributed by atoms with Gasteiger partial charge in [0.1, 0.15) is 5.56 Å². The van der Waals surface area contributed by atoms with E-state index in [-0.39, 0.29) is 0 Å². The van der Waals surface area contributed by atoms with Crippen LogP contribution in [0.1, 0.15) is 5.56 Å². The molecule has 0 unspecified atom stereocenters. The average Bonchev–Trinajstić information content (AvgIpc) is 2.08. The van der Waals surface area contributed by atoms with E-state index in [4.69, 9.17) is 11.6 Å². The van der Waals surface area contributed by atoms with Crippen molar-refractivity contribution in [3.63, 3.8) is 0 Å². The second kappa shape index (κ2) is 4.12. The molecule has 1 rings (SSSR count). The van der Waals surface area contributed by atoms with E-state index in [1.165, 1.54) is 0 Å². The van der Waals surface area contributed by atoms with Crippen molar-refractivity contribution in [2.24, 2.45) is 5.73 Å². The van der Waals surface area contributed by atoms with Crippen LogP contribution in [0.4, 0.5) is 22.4 Å². The monoisotopic (exact) mass is 258 g/mol. The Morgan fingerprint density at radius 3 is 2.50 bits per heavy atom. The van der Waals surface area contributed by atoms with Gasteiger partial charge in [-0.3, -0.25) is 0 Å². The van der Waals surface area contributed by atoms with Crippen molar-refractivity contribution in [3.8, 4) is 5.75 Å². The van der Waals surface area contributed by atoms with Crippen molar-refractivity contribution in [1.29, 1.82) is 0 Å². The molecule has 0 fully saturated rings. The Balaban J connectivity index is 3.39. The zero-order valence-corrected chi connectivity index (χ0v) is 8.06. The minimum Gasteiger partial charge on any atom is -0.408 e. The van der Waals surface area contributed by atoms with E-state index in [1.54, 1.807) is 0 Å². The molecular formula is C7H3ClF4N2O2. The minimum absolute atomic E-state index is 0.457. The summed E-state index contributed by atoms with van der Waals surface area (Å²) in [5.41, 5.74) is 2.69. The topological polar surface area (TPSA) is 65.2 Å². The molecular weight excluding hydrogens is 256 g/mol. The number of halogens is 5. The summed E-state index contributed by atoms with van der Waals surface area (Å²) in [7, 11) is 0. The lowest BCUT2D eigenvalue weighted by Gasteiger charge is -2.12. The van der Waals surface area contributed by atoms with Gasteiger partial charge in [0.15, 0.2) is 16.7 Å². The van der Waals surface area contributed by atoms with Crippen molar-refractivity contribution < 1.29 is 27.1 Å². The Labute approximate surface area is 91.0 Å². The molecule has 0 aromatic carbocycles. The molecule has 9 heteroatoms. The first-order valence-electron chi connectivity index (χ1n) is 3.62. The van der Waals surface area contributed by atoms with Gasteiger partial charge in [0.05, 0.1) is 6.20 Å². The van der Waals surface area contributed by atoms with E-state index < -0.39 is 34.6 Å². The fourth-order valence-electron chi connectivity index (χ4n) is 0.898. The Hall–Kier alpha value is -1.57. The third-order valence-electron chi connectivity index (χ3n) is 1.44. The van der Waals surface area contributed by atoms with E-state index >= 15 is 0 Å². The van der Waals surface area contributed by atoms with E-state index in [1.807, 2.05) is 0 Å². The zero-order valence-electron chi connectivity index (χ0n) is 7.31. The molecule has 4 nitrogen and oxygen atoms in total. The lowest BCUT2D eigenvalue weighted by atomic mass is 10.2. The second-order valence-corrected chi connectivity index (χ2v) is 2.88. The normalized spacial score (nSPS) is 11.3. The van der Waals surface area contributed by atoms with Crippen LogP contribution in [0.25, 0.3) is 0 Å². The summed E-state index contributed by atoms with van der Waals surface area (Å²) in [5, 5.41) is -0.982. The van der Waals surface area contributed by atoms with E-state index in [9.17, 15) is 22.4 Å². The van der Waals surface area contributed by atoms with Crippen molar-refractivity contribution >= 4 is 17.7 Å². The molecule has 1 aromatic heterocycles. The molecule has 0 aliphatic rings. The molecule has 16 heavy (non-hydrogen) atoms. The van der Waals surface area contributed by atoms with Crippen LogP contribution in [-0.2, 0) is 6.18 Å². The maximum absolute atomic E-state index is 13.1. The molecule has 0 spiro atoms. The molecule has 0 bridgehead atoms. The predicted molar refractivity (Wildman–Crippen MR) is 44.4 cm³/mol. The highest BCUT2D eigenvalue weighted by atomic mass is 35.5. The van der Waals surface area contributed by atoms with Gasteiger partial charge in [0, 0.05) is 0 Å². The Bertz CT molecular complexity index is 435. The quantitative estimate of drug-likeness (QED) is 0.621. The molecule has 0 aliphatic carbocycles. The van der Waals surface area contributed by atoms with Gasteiger partial charge in [-0.25, -0.2) is 14.2 Å². The van der Waals surface area contributed by atoms with Gasteiger partial charge in [-0.2, -0.15) is 13.2 Å². The zero-order chi connectivity index (χ0) is 12.5. The number of rotatable bonds is 1. The number of primary amides is 1. The van der Waals surface area contributed by atoms with Gasteiger partial charge in [-0.15, -0.1) is 0 Å². The molecule has 1 heterocycles. The molecule has 1 aromatic rings. The lowest BCUT2D eigenvalue weighted by Crippen LogP contribution is -2.20. The number of ether oxygens (including phenoxy) is 1. The van der Waals surface area contributed by atoms with E-state index in [2.05, 4.69) is 15.5 Å². The van der Waals surface area contributed by atoms with Crippen LogP contribution >= 0.6 is 11.6 Å². The fraction of sp³-hybridized carbons (Fsp3) is 0.143. The largest absolute Gasteiger partial charge is 0.423 e. The number of amides is 1. The number of carbonyl (C=O) groups excluding carboxylic acids is 1. The van der Waals surface area contributed by atoms with Crippen molar-refractivity contribution in [3.05, 3.63) is 22.7 Å². The standard InChI is InChI=1S/C7H3ClF4N2O2/c8-5-4(9)3(7(10,11)12)2(1-14-5)16-6(13)15/h1H,(H2,13,15). The fourth-order valence-corrected chi connectivity index (χ4v) is 1.04. The highest BCUT2D eigenvalue weighted by Gasteiger charge is 2.40. The molecule has 0 atom stereocenters. The summed E-state index contributed by atoms with van der Waals surface area (Å²) in [6.07, 6.45) is -6.14. The number of carbonyl (C=O) groups is 1. The number of alkyl halides is 3. The molecule has 2 N–H and O–H groups in total. The number of nitrogens with two attached hydrogens (primary N) is 1. The van der Waals surface area contributed by atoms with Crippen LogP contribution in [0, 0.1) is 5.82 Å². The third-order valence-corrected chi connectivity index (χ3v) is 1.70. The van der Waals surface area contributed by atoms with Gasteiger partial charge < -0.3 is 10.5 Å². The highest BCUT2D eigenvalue weighted by Crippen LogP contribution is 2.39. The first-order chi connectivity index (χ1) is 7.23. The van der Waals surface area contributed by atoms with Crippen molar-refractivity contribution in [2.45, 2.75) is 6.18 Å². The summed E-state index contributed by atoms with van der Waals surface area (Å²) in [6.45, 7) is 0. The molecule has 0 radical (unpaired) electrons. The molecule has 88 valence electrons. The van der Waals surface area contributed by atoms with Crippen molar-refractivity contribution in [2.75, 3.05) is 0 Å². The van der Waals surface area contributed by atoms with E-state index in [0.29, 0.717) is 6.20 Å². The number of pyridine rings is 1. The smallest absolute Gasteiger partial charge is 0.408 e. The molecule has 0 saturated heterocycles. The van der Waals surface area contributed by atoms with Crippen LogP contribution in [0.2, 0.25) is 5.15 Å². The van der Waals surface area contributed by atoms with Crippen LogP contribution < -0.4 is 10.5 Å². The number of hydrogen-bond acceptors (Lipinski definition) is 3. The second-order valence-electron chi connectivity index (χ2n) is 2.52. The summed E-state index contributed by atoms with van der Waals surface area (Å²) in [6, 6.07) is 0. The Morgan fingerprint density at radius 1 is 1.50 bits per heavy atom. The van der Waals surface area contributed by atoms with Gasteiger partial charge in [-0.05, 0) is 0 Å². The SMILES string of the molecule is NC(=O)Oc1cnc(Cl)c(F)c1C(F)(F)F. The summed E-state index contributed by atoms with van der Waals surface area (Å²) < 4.78 is 54.2. The summed E-state index contributed by atoms with van der Waals surface area (Å²) >= 11 is 5.07. The van der Waals surface area contributed by atoms with Crippen LogP contribution in [-0.4, -0.2) is 11.1 Å². The molecule has 1 amide bonds. The molecule has 0 aliphatic heterocycles. The molecule has 0 saturated carbocycles. The van der Waals surface area contributed by atoms with Gasteiger partial charge >= 0.3 is 12.3 Å². The third kappa shape index (κ3) is 2.51. The highest BCUT2D eigenvalue weighted by molar-refractivity contribution is 6.29. The predicted octanol–water partition coefficient (Wildman–Crippen LogP) is 2.35. The summed E-state index contributed by atoms with van der Waals surface area (Å²) in [5.74, 6) is -2.96. The van der Waals surface area contributed by atoms with E-state index in [0.717, 1.165) is 0 Å². The number of nitrogens with zero attached hydrogens (tertiary/aromatic N) is 1. The maximum Gasteiger partial charge on any atom is 0.423 e. The van der Waals surface area contributed by atoms with Gasteiger partial charge in [0.25, 0.3) is 0 Å². The summed E-state index contributed by atoms with van der Waals surface area (Å²) in [4.78, 5) is 13.4. The lowest BCUT2D eigenvalue weighted by molar-refractivity contribution is -0.141. The number of aromatic nitrogens is 1. The van der Waals surface area contributed by atoms with Gasteiger partial charge in [0.2, 0.25) is 0 Å².